The zero-order chi connectivity index (χ0) is 21.7. The van der Waals surface area contributed by atoms with Crippen LogP contribution in [-0.4, -0.2) is 74.6 Å². The molecule has 2 saturated carbocycles. The van der Waals surface area contributed by atoms with Crippen molar-refractivity contribution in [2.75, 3.05) is 19.6 Å². The van der Waals surface area contributed by atoms with Crippen molar-refractivity contribution in [3.63, 3.8) is 0 Å². The van der Waals surface area contributed by atoms with Crippen LogP contribution in [0, 0.1) is 22.3 Å². The van der Waals surface area contributed by atoms with E-state index in [2.05, 4.69) is 17.2 Å². The van der Waals surface area contributed by atoms with Gasteiger partial charge in [0.2, 0.25) is 0 Å². The van der Waals surface area contributed by atoms with Gasteiger partial charge in [0.05, 0.1) is 11.8 Å². The zero-order valence-corrected chi connectivity index (χ0v) is 18.6. The molecular formula is C20H36ClN5O4-2. The lowest BCUT2D eigenvalue weighted by Gasteiger charge is -2.45. The number of piperidine rings is 1. The standard InChI is InChI=1S/C20H36ClN5O4/c1-14-3-2-10-24(12-14)13-19(15-4-6-16(21)7-5-15)23-22-18-9-8-17(25(27)28)11-20(18)26(29)30/h14-18,20,22,27,29H,2-13H2,1H3/q-2. The first kappa shape index (κ1) is 24.1. The van der Waals surface area contributed by atoms with E-state index >= 15 is 0 Å². The molecule has 4 atom stereocenters. The molecule has 0 bridgehead atoms. The van der Waals surface area contributed by atoms with Crippen LogP contribution in [0.2, 0.25) is 0 Å². The molecule has 1 aliphatic heterocycles. The third kappa shape index (κ3) is 6.74. The van der Waals surface area contributed by atoms with E-state index in [1.807, 2.05) is 0 Å². The molecule has 0 aromatic carbocycles. The molecule has 3 fully saturated rings. The monoisotopic (exact) mass is 445 g/mol. The van der Waals surface area contributed by atoms with E-state index in [0.717, 1.165) is 51.0 Å². The Kier molecular flexibility index (Phi) is 9.15. The maximum atomic E-state index is 11.7. The number of hydrogen-bond donors (Lipinski definition) is 3. The van der Waals surface area contributed by atoms with Gasteiger partial charge in [-0.05, 0) is 70.3 Å². The van der Waals surface area contributed by atoms with Gasteiger partial charge >= 0.3 is 0 Å². The molecule has 3 aliphatic rings. The van der Waals surface area contributed by atoms with E-state index in [1.54, 1.807) is 0 Å². The first-order valence-electron chi connectivity index (χ1n) is 11.3. The Hall–Kier alpha value is -0.520. The van der Waals surface area contributed by atoms with Gasteiger partial charge in [0, 0.05) is 36.5 Å². The van der Waals surface area contributed by atoms with E-state index in [-0.39, 0.29) is 28.3 Å². The van der Waals surface area contributed by atoms with Gasteiger partial charge in [-0.15, -0.1) is 11.6 Å². The Balaban J connectivity index is 1.68. The number of hydroxylamine groups is 4. The maximum absolute atomic E-state index is 11.7. The summed E-state index contributed by atoms with van der Waals surface area (Å²) in [5.41, 5.74) is 4.24. The molecule has 3 N–H and O–H groups in total. The minimum Gasteiger partial charge on any atom is -0.762 e. The van der Waals surface area contributed by atoms with Gasteiger partial charge in [-0.2, -0.15) is 5.10 Å². The second-order valence-corrected chi connectivity index (χ2v) is 10.0. The van der Waals surface area contributed by atoms with Gasteiger partial charge in [-0.1, -0.05) is 6.92 Å². The van der Waals surface area contributed by atoms with Gasteiger partial charge in [0.15, 0.2) is 0 Å². The number of hydrazone groups is 1. The number of likely N-dealkylation sites (tertiary alicyclic amines) is 1. The van der Waals surface area contributed by atoms with Crippen molar-refractivity contribution < 1.29 is 10.4 Å². The molecule has 3 rings (SSSR count). The highest BCUT2D eigenvalue weighted by Gasteiger charge is 2.33. The van der Waals surface area contributed by atoms with Crippen LogP contribution in [0.4, 0.5) is 0 Å². The fourth-order valence-electron chi connectivity index (χ4n) is 5.19. The van der Waals surface area contributed by atoms with Crippen molar-refractivity contribution in [1.82, 2.24) is 20.8 Å². The average Bonchev–Trinajstić information content (AvgIpc) is 2.71. The highest BCUT2D eigenvalue weighted by molar-refractivity contribution is 6.20. The quantitative estimate of drug-likeness (QED) is 0.310. The Labute approximate surface area is 184 Å². The Morgan fingerprint density at radius 3 is 2.47 bits per heavy atom. The summed E-state index contributed by atoms with van der Waals surface area (Å²) in [5, 5.41) is 46.4. The van der Waals surface area contributed by atoms with Crippen LogP contribution in [0.3, 0.4) is 0 Å². The molecule has 174 valence electrons. The lowest BCUT2D eigenvalue weighted by molar-refractivity contribution is -0.137. The second-order valence-electron chi connectivity index (χ2n) is 9.41. The molecular weight excluding hydrogens is 410 g/mol. The maximum Gasteiger partial charge on any atom is 0.0608 e. The van der Waals surface area contributed by atoms with Crippen molar-refractivity contribution in [2.45, 2.75) is 88.2 Å². The normalized spacial score (nSPS) is 37.0. The van der Waals surface area contributed by atoms with Crippen LogP contribution in [0.25, 0.3) is 0 Å². The van der Waals surface area contributed by atoms with Crippen LogP contribution < -0.4 is 5.43 Å². The van der Waals surface area contributed by atoms with Gasteiger partial charge in [-0.25, -0.2) is 0 Å². The van der Waals surface area contributed by atoms with Crippen LogP contribution in [0.5, 0.6) is 0 Å². The predicted molar refractivity (Wildman–Crippen MR) is 116 cm³/mol. The fourth-order valence-corrected chi connectivity index (χ4v) is 5.44. The molecule has 1 heterocycles. The highest BCUT2D eigenvalue weighted by atomic mass is 35.5. The largest absolute Gasteiger partial charge is 0.762 e. The van der Waals surface area contributed by atoms with Crippen LogP contribution >= 0.6 is 11.6 Å². The van der Waals surface area contributed by atoms with Crippen LogP contribution in [0.1, 0.15) is 64.7 Å². The van der Waals surface area contributed by atoms with Crippen molar-refractivity contribution in [3.05, 3.63) is 10.4 Å². The SMILES string of the molecule is CC1CCCN(CC(=NNC2CCC(N([O-])O)CC2N([O-])O)C2CCC(Cl)CC2)C1. The summed E-state index contributed by atoms with van der Waals surface area (Å²) in [6.45, 7) is 5.23. The minimum absolute atomic E-state index is 0.0868. The molecule has 0 aromatic rings. The number of rotatable bonds is 7. The molecule has 9 nitrogen and oxygen atoms in total. The van der Waals surface area contributed by atoms with Gasteiger partial charge in [-0.3, -0.25) is 15.4 Å². The molecule has 0 amide bonds. The van der Waals surface area contributed by atoms with E-state index in [9.17, 15) is 20.8 Å². The minimum atomic E-state index is -0.828. The van der Waals surface area contributed by atoms with Crippen molar-refractivity contribution in [3.8, 4) is 0 Å². The topological polar surface area (TPSA) is 121 Å². The highest BCUT2D eigenvalue weighted by Crippen LogP contribution is 2.30. The van der Waals surface area contributed by atoms with Crippen molar-refractivity contribution >= 4 is 17.3 Å². The lowest BCUT2D eigenvalue weighted by atomic mass is 9.85. The third-order valence-corrected chi connectivity index (χ3v) is 7.45. The molecule has 1 saturated heterocycles. The Morgan fingerprint density at radius 2 is 1.83 bits per heavy atom. The smallest absolute Gasteiger partial charge is 0.0608 e. The number of hydrogen-bond acceptors (Lipinski definition) is 9. The van der Waals surface area contributed by atoms with E-state index < -0.39 is 12.1 Å². The Morgan fingerprint density at radius 1 is 1.10 bits per heavy atom. The van der Waals surface area contributed by atoms with E-state index in [1.165, 1.54) is 12.8 Å². The molecule has 0 radical (unpaired) electrons. The number of halogens is 1. The first-order chi connectivity index (χ1) is 14.3. The van der Waals surface area contributed by atoms with E-state index in [0.29, 0.717) is 24.7 Å². The average molecular weight is 446 g/mol. The van der Waals surface area contributed by atoms with Gasteiger partial charge in [0.1, 0.15) is 0 Å². The molecule has 2 aliphatic carbocycles. The van der Waals surface area contributed by atoms with E-state index in [4.69, 9.17) is 16.7 Å². The summed E-state index contributed by atoms with van der Waals surface area (Å²) in [5.74, 6) is 1.05. The van der Waals surface area contributed by atoms with Gasteiger partial charge in [0.25, 0.3) is 0 Å². The predicted octanol–water partition coefficient (Wildman–Crippen LogP) is 3.13. The lowest BCUT2D eigenvalue weighted by Crippen LogP contribution is -2.53. The Bertz CT molecular complexity index is 559. The zero-order valence-electron chi connectivity index (χ0n) is 17.8. The summed E-state index contributed by atoms with van der Waals surface area (Å²) < 4.78 is 0. The number of nitrogens with one attached hydrogen (secondary N) is 1. The molecule has 4 unspecified atom stereocenters. The fraction of sp³-hybridized carbons (Fsp3) is 0.950. The summed E-state index contributed by atoms with van der Waals surface area (Å²) in [7, 11) is 0. The number of nitrogens with zero attached hydrogens (tertiary/aromatic N) is 4. The number of alkyl halides is 1. The van der Waals surface area contributed by atoms with Crippen molar-refractivity contribution in [2.24, 2.45) is 16.9 Å². The molecule has 30 heavy (non-hydrogen) atoms. The molecule has 10 heteroatoms. The second kappa shape index (κ2) is 11.4. The van der Waals surface area contributed by atoms with Crippen LogP contribution in [-0.2, 0) is 0 Å². The summed E-state index contributed by atoms with van der Waals surface area (Å²) in [6.07, 6.45) is 7.45. The molecule has 0 aromatic heterocycles. The van der Waals surface area contributed by atoms with Crippen molar-refractivity contribution in [1.29, 1.82) is 0 Å². The first-order valence-corrected chi connectivity index (χ1v) is 11.8. The van der Waals surface area contributed by atoms with Crippen LogP contribution in [0.15, 0.2) is 5.10 Å². The van der Waals surface area contributed by atoms with Gasteiger partial charge < -0.3 is 26.3 Å². The summed E-state index contributed by atoms with van der Waals surface area (Å²) in [6, 6.07) is -1.89. The summed E-state index contributed by atoms with van der Waals surface area (Å²) in [4.78, 5) is 2.46. The third-order valence-electron chi connectivity index (χ3n) is 7.01. The summed E-state index contributed by atoms with van der Waals surface area (Å²) >= 11 is 6.31. The molecule has 0 spiro atoms.